The molecule has 0 aliphatic heterocycles. The van der Waals surface area contributed by atoms with E-state index in [1.165, 1.54) is 0 Å². The van der Waals surface area contributed by atoms with Crippen LogP contribution < -0.4 is 4.72 Å². The maximum atomic E-state index is 12.1. The quantitative estimate of drug-likeness (QED) is 0.698. The van der Waals surface area contributed by atoms with Crippen LogP contribution in [0.4, 0.5) is 0 Å². The van der Waals surface area contributed by atoms with Gasteiger partial charge < -0.3 is 15.1 Å². The van der Waals surface area contributed by atoms with Crippen molar-refractivity contribution in [1.82, 2.24) is 9.62 Å². The van der Waals surface area contributed by atoms with Crippen molar-refractivity contribution in [3.05, 3.63) is 23.8 Å². The number of rotatable bonds is 6. The molecule has 7 nitrogen and oxygen atoms in total. The first-order chi connectivity index (χ1) is 9.13. The van der Waals surface area contributed by atoms with E-state index >= 15 is 0 Å². The Morgan fingerprint density at radius 2 is 2.00 bits per heavy atom. The van der Waals surface area contributed by atoms with Gasteiger partial charge in [-0.2, -0.15) is 0 Å². The minimum absolute atomic E-state index is 0.196. The topological polar surface area (TPSA) is 107 Å². The Kier molecular flexibility index (Phi) is 5.09. The molecule has 1 rings (SSSR count). The van der Waals surface area contributed by atoms with E-state index in [4.69, 9.17) is 5.11 Å². The third-order valence-corrected chi connectivity index (χ3v) is 4.09. The maximum absolute atomic E-state index is 12.1. The molecule has 0 aliphatic carbocycles. The third kappa shape index (κ3) is 4.19. The molecule has 0 aliphatic rings. The van der Waals surface area contributed by atoms with Crippen LogP contribution in [0.2, 0.25) is 0 Å². The number of carbonyl (C=O) groups is 1. The minimum Gasteiger partial charge on any atom is -0.507 e. The highest BCUT2D eigenvalue weighted by atomic mass is 32.2. The second kappa shape index (κ2) is 6.21. The number of likely N-dealkylation sites (N-methyl/N-ethyl adjacent to an activating group) is 1. The zero-order chi connectivity index (χ0) is 15.5. The number of aromatic hydroxyl groups is 1. The number of benzene rings is 1. The summed E-state index contributed by atoms with van der Waals surface area (Å²) in [5.74, 6) is -1.86. The molecule has 8 heteroatoms. The minimum atomic E-state index is -3.83. The molecule has 1 unspecified atom stereocenters. The number of carboxylic acid groups (broad SMARTS) is 1. The number of hydrogen-bond acceptors (Lipinski definition) is 5. The SMILES string of the molecule is CC(CN(C)C)NS(=O)(=O)c1ccc(O)c(C(=O)O)c1. The molecule has 0 spiro atoms. The molecular weight excluding hydrogens is 284 g/mol. The van der Waals surface area contributed by atoms with Gasteiger partial charge in [-0.15, -0.1) is 0 Å². The lowest BCUT2D eigenvalue weighted by Gasteiger charge is -2.18. The molecule has 20 heavy (non-hydrogen) atoms. The van der Waals surface area contributed by atoms with Gasteiger partial charge in [0.1, 0.15) is 11.3 Å². The predicted molar refractivity (Wildman–Crippen MR) is 73.4 cm³/mol. The molecule has 0 aromatic heterocycles. The van der Waals surface area contributed by atoms with Crippen molar-refractivity contribution in [3.63, 3.8) is 0 Å². The van der Waals surface area contributed by atoms with Crippen LogP contribution in [-0.2, 0) is 10.0 Å². The van der Waals surface area contributed by atoms with Gasteiger partial charge in [0.15, 0.2) is 0 Å². The standard InChI is InChI=1S/C12H18N2O5S/c1-8(7-14(2)3)13-20(18,19)9-4-5-11(15)10(6-9)12(16)17/h4-6,8,13,15H,7H2,1-3H3,(H,16,17). The van der Waals surface area contributed by atoms with Gasteiger partial charge in [-0.05, 0) is 39.2 Å². The van der Waals surface area contributed by atoms with Crippen molar-refractivity contribution >= 4 is 16.0 Å². The summed E-state index contributed by atoms with van der Waals surface area (Å²) in [7, 11) is -0.202. The normalized spacial score (nSPS) is 13.4. The van der Waals surface area contributed by atoms with E-state index in [1.807, 2.05) is 19.0 Å². The molecule has 112 valence electrons. The maximum Gasteiger partial charge on any atom is 0.339 e. The number of sulfonamides is 1. The van der Waals surface area contributed by atoms with E-state index in [-0.39, 0.29) is 10.9 Å². The van der Waals surface area contributed by atoms with Crippen LogP contribution in [0.25, 0.3) is 0 Å². The van der Waals surface area contributed by atoms with Gasteiger partial charge in [-0.25, -0.2) is 17.9 Å². The summed E-state index contributed by atoms with van der Waals surface area (Å²) >= 11 is 0. The van der Waals surface area contributed by atoms with Crippen molar-refractivity contribution < 1.29 is 23.4 Å². The van der Waals surface area contributed by atoms with Crippen LogP contribution in [0.3, 0.4) is 0 Å². The monoisotopic (exact) mass is 302 g/mol. The Hall–Kier alpha value is -1.64. The van der Waals surface area contributed by atoms with Gasteiger partial charge in [0.25, 0.3) is 0 Å². The highest BCUT2D eigenvalue weighted by molar-refractivity contribution is 7.89. The molecular formula is C12H18N2O5S. The molecule has 3 N–H and O–H groups in total. The zero-order valence-corrected chi connectivity index (χ0v) is 12.3. The fourth-order valence-corrected chi connectivity index (χ4v) is 3.03. The van der Waals surface area contributed by atoms with Crippen molar-refractivity contribution in [2.24, 2.45) is 0 Å². The molecule has 0 amide bonds. The summed E-state index contributed by atoms with van der Waals surface area (Å²) in [6.45, 7) is 2.21. The molecule has 0 fully saturated rings. The van der Waals surface area contributed by atoms with Gasteiger partial charge in [0.2, 0.25) is 10.0 Å². The molecule has 0 radical (unpaired) electrons. The van der Waals surface area contributed by atoms with Gasteiger partial charge >= 0.3 is 5.97 Å². The number of carboxylic acids is 1. The number of nitrogens with one attached hydrogen (secondary N) is 1. The van der Waals surface area contributed by atoms with Crippen molar-refractivity contribution in [2.45, 2.75) is 17.9 Å². The predicted octanol–water partition coefficient (Wildman–Crippen LogP) is 0.319. The lowest BCUT2D eigenvalue weighted by atomic mass is 10.2. The Morgan fingerprint density at radius 3 is 2.50 bits per heavy atom. The highest BCUT2D eigenvalue weighted by Crippen LogP contribution is 2.21. The number of nitrogens with zero attached hydrogens (tertiary/aromatic N) is 1. The van der Waals surface area contributed by atoms with Crippen molar-refractivity contribution in [1.29, 1.82) is 0 Å². The third-order valence-electron chi connectivity index (χ3n) is 2.50. The van der Waals surface area contributed by atoms with Crippen molar-refractivity contribution in [3.8, 4) is 5.75 Å². The van der Waals surface area contributed by atoms with E-state index in [0.29, 0.717) is 6.54 Å². The van der Waals surface area contributed by atoms with Crippen LogP contribution in [0.5, 0.6) is 5.75 Å². The molecule has 1 aromatic rings. The Bertz CT molecular complexity index is 598. The number of aromatic carboxylic acids is 1. The Labute approximate surface area is 117 Å². The molecule has 0 heterocycles. The summed E-state index contributed by atoms with van der Waals surface area (Å²) < 4.78 is 26.7. The van der Waals surface area contributed by atoms with E-state index < -0.39 is 27.3 Å². The van der Waals surface area contributed by atoms with Crippen LogP contribution in [0.1, 0.15) is 17.3 Å². The van der Waals surface area contributed by atoms with Crippen LogP contribution in [-0.4, -0.2) is 56.2 Å². The van der Waals surface area contributed by atoms with E-state index in [2.05, 4.69) is 4.72 Å². The summed E-state index contributed by atoms with van der Waals surface area (Å²) in [5.41, 5.74) is -0.451. The first-order valence-electron chi connectivity index (χ1n) is 5.87. The van der Waals surface area contributed by atoms with Crippen LogP contribution in [0.15, 0.2) is 23.1 Å². The average Bonchev–Trinajstić information content (AvgIpc) is 2.26. The van der Waals surface area contributed by atoms with Gasteiger partial charge in [0.05, 0.1) is 4.90 Å². The summed E-state index contributed by atoms with van der Waals surface area (Å²) in [4.78, 5) is 12.5. The Balaban J connectivity index is 3.04. The molecule has 0 saturated carbocycles. The largest absolute Gasteiger partial charge is 0.507 e. The summed E-state index contributed by atoms with van der Waals surface area (Å²) in [5, 5.41) is 18.2. The first-order valence-corrected chi connectivity index (χ1v) is 7.35. The Morgan fingerprint density at radius 1 is 1.40 bits per heavy atom. The lowest BCUT2D eigenvalue weighted by molar-refractivity contribution is 0.0693. The molecule has 1 atom stereocenters. The van der Waals surface area contributed by atoms with E-state index in [1.54, 1.807) is 6.92 Å². The highest BCUT2D eigenvalue weighted by Gasteiger charge is 2.20. The fourth-order valence-electron chi connectivity index (χ4n) is 1.77. The van der Waals surface area contributed by atoms with Gasteiger partial charge in [0, 0.05) is 12.6 Å². The van der Waals surface area contributed by atoms with E-state index in [9.17, 15) is 18.3 Å². The van der Waals surface area contributed by atoms with Crippen molar-refractivity contribution in [2.75, 3.05) is 20.6 Å². The molecule has 1 aromatic carbocycles. The fraction of sp³-hybridized carbons (Fsp3) is 0.417. The lowest BCUT2D eigenvalue weighted by Crippen LogP contribution is -2.39. The van der Waals surface area contributed by atoms with E-state index in [0.717, 1.165) is 18.2 Å². The number of phenols is 1. The summed E-state index contributed by atoms with van der Waals surface area (Å²) in [6.07, 6.45) is 0. The van der Waals surface area contributed by atoms with Crippen LogP contribution >= 0.6 is 0 Å². The zero-order valence-electron chi connectivity index (χ0n) is 11.5. The number of hydrogen-bond donors (Lipinski definition) is 3. The van der Waals surface area contributed by atoms with Gasteiger partial charge in [-0.3, -0.25) is 0 Å². The second-order valence-corrected chi connectivity index (χ2v) is 6.48. The first kappa shape index (κ1) is 16.4. The second-order valence-electron chi connectivity index (χ2n) is 4.77. The van der Waals surface area contributed by atoms with Gasteiger partial charge in [-0.1, -0.05) is 0 Å². The molecule has 0 saturated heterocycles. The smallest absolute Gasteiger partial charge is 0.339 e. The summed E-state index contributed by atoms with van der Waals surface area (Å²) in [6, 6.07) is 2.81. The van der Waals surface area contributed by atoms with Crippen LogP contribution in [0, 0.1) is 0 Å². The molecule has 0 bridgehead atoms. The average molecular weight is 302 g/mol.